The topological polar surface area (TPSA) is 37.8 Å². The van der Waals surface area contributed by atoms with Crippen LogP contribution in [0.5, 0.6) is 0 Å². The van der Waals surface area contributed by atoms with Gasteiger partial charge in [-0.3, -0.25) is 0 Å². The van der Waals surface area contributed by atoms with Crippen molar-refractivity contribution in [3.8, 4) is 11.4 Å². The largest absolute Gasteiger partial charge is 0.310 e. The molecule has 1 atom stereocenters. The van der Waals surface area contributed by atoms with Gasteiger partial charge in [-0.15, -0.1) is 0 Å². The summed E-state index contributed by atoms with van der Waals surface area (Å²) in [4.78, 5) is 9.02. The highest BCUT2D eigenvalue weighted by molar-refractivity contribution is 7.08. The third-order valence-corrected chi connectivity index (χ3v) is 3.46. The first-order chi connectivity index (χ1) is 8.22. The molecule has 0 aliphatic heterocycles. The molecule has 0 radical (unpaired) electrons. The molecule has 0 aliphatic carbocycles. The molecule has 1 unspecified atom stereocenters. The summed E-state index contributed by atoms with van der Waals surface area (Å²) in [5.41, 5.74) is 3.32. The van der Waals surface area contributed by atoms with Gasteiger partial charge in [0.25, 0.3) is 0 Å². The van der Waals surface area contributed by atoms with Gasteiger partial charge in [-0.2, -0.15) is 11.3 Å². The molecule has 0 fully saturated rings. The lowest BCUT2D eigenvalue weighted by Gasteiger charge is -2.14. The lowest BCUT2D eigenvalue weighted by Crippen LogP contribution is -2.19. The van der Waals surface area contributed by atoms with Crippen molar-refractivity contribution in [3.05, 3.63) is 34.3 Å². The summed E-state index contributed by atoms with van der Waals surface area (Å²) in [5, 5.41) is 7.50. The second-order valence-electron chi connectivity index (χ2n) is 4.03. The molecule has 1 N–H and O–H groups in total. The molecule has 2 aromatic heterocycles. The van der Waals surface area contributed by atoms with E-state index < -0.39 is 0 Å². The van der Waals surface area contributed by atoms with E-state index in [1.54, 1.807) is 11.3 Å². The molecule has 0 aromatic carbocycles. The van der Waals surface area contributed by atoms with Crippen LogP contribution < -0.4 is 5.32 Å². The second kappa shape index (κ2) is 5.38. The van der Waals surface area contributed by atoms with Crippen molar-refractivity contribution in [1.29, 1.82) is 0 Å². The van der Waals surface area contributed by atoms with Gasteiger partial charge in [-0.05, 0) is 31.8 Å². The second-order valence-corrected chi connectivity index (χ2v) is 4.81. The molecule has 90 valence electrons. The fraction of sp³-hybridized carbons (Fsp3) is 0.385. The maximum absolute atomic E-state index is 4.57. The lowest BCUT2D eigenvalue weighted by molar-refractivity contribution is 0.590. The van der Waals surface area contributed by atoms with Gasteiger partial charge in [0, 0.05) is 34.4 Å². The Morgan fingerprint density at radius 1 is 1.47 bits per heavy atom. The molecule has 2 aromatic rings. The minimum Gasteiger partial charge on any atom is -0.310 e. The van der Waals surface area contributed by atoms with E-state index in [1.807, 2.05) is 24.6 Å². The summed E-state index contributed by atoms with van der Waals surface area (Å²) in [7, 11) is 0. The zero-order valence-corrected chi connectivity index (χ0v) is 11.2. The molecule has 0 saturated carbocycles. The van der Waals surface area contributed by atoms with Gasteiger partial charge in [-0.1, -0.05) is 6.92 Å². The number of nitrogens with one attached hydrogen (secondary N) is 1. The van der Waals surface area contributed by atoms with Crippen molar-refractivity contribution >= 4 is 11.3 Å². The number of rotatable bonds is 4. The van der Waals surface area contributed by atoms with Crippen LogP contribution in [0.15, 0.2) is 23.0 Å². The van der Waals surface area contributed by atoms with E-state index in [9.17, 15) is 0 Å². The number of nitrogens with zero attached hydrogens (tertiary/aromatic N) is 2. The molecule has 0 bridgehead atoms. The Hall–Kier alpha value is -1.26. The molecule has 2 rings (SSSR count). The van der Waals surface area contributed by atoms with E-state index in [1.165, 1.54) is 5.56 Å². The number of thiophene rings is 1. The average Bonchev–Trinajstić information content (AvgIpc) is 2.82. The van der Waals surface area contributed by atoms with Gasteiger partial charge in [0.05, 0.1) is 0 Å². The molecule has 2 heterocycles. The first-order valence-electron chi connectivity index (χ1n) is 5.82. The minimum atomic E-state index is 0.302. The maximum Gasteiger partial charge on any atom is 0.160 e. The van der Waals surface area contributed by atoms with Crippen molar-refractivity contribution in [2.45, 2.75) is 26.8 Å². The van der Waals surface area contributed by atoms with E-state index in [0.29, 0.717) is 6.04 Å². The van der Waals surface area contributed by atoms with Crippen molar-refractivity contribution < 1.29 is 0 Å². The lowest BCUT2D eigenvalue weighted by atomic mass is 10.1. The van der Waals surface area contributed by atoms with E-state index >= 15 is 0 Å². The Morgan fingerprint density at radius 2 is 2.29 bits per heavy atom. The fourth-order valence-electron chi connectivity index (χ4n) is 1.85. The van der Waals surface area contributed by atoms with Gasteiger partial charge >= 0.3 is 0 Å². The summed E-state index contributed by atoms with van der Waals surface area (Å²) in [6.07, 6.45) is 1.93. The maximum atomic E-state index is 4.57. The summed E-state index contributed by atoms with van der Waals surface area (Å²) >= 11 is 1.67. The predicted octanol–water partition coefficient (Wildman–Crippen LogP) is 3.18. The van der Waals surface area contributed by atoms with E-state index in [2.05, 4.69) is 34.5 Å². The molecule has 0 aliphatic rings. The Bertz CT molecular complexity index is 479. The number of hydrogen-bond donors (Lipinski definition) is 1. The monoisotopic (exact) mass is 247 g/mol. The first-order valence-corrected chi connectivity index (χ1v) is 6.76. The molecular weight excluding hydrogens is 230 g/mol. The zero-order chi connectivity index (χ0) is 12.3. The molecule has 4 heteroatoms. The van der Waals surface area contributed by atoms with Crippen LogP contribution in [0, 0.1) is 6.92 Å². The smallest absolute Gasteiger partial charge is 0.160 e. The van der Waals surface area contributed by atoms with Crippen LogP contribution in [0.2, 0.25) is 0 Å². The molecule has 0 saturated heterocycles. The van der Waals surface area contributed by atoms with Crippen LogP contribution in [0.1, 0.15) is 31.1 Å². The van der Waals surface area contributed by atoms with Crippen molar-refractivity contribution in [1.82, 2.24) is 15.3 Å². The summed E-state index contributed by atoms with van der Waals surface area (Å²) in [6, 6.07) is 2.35. The van der Waals surface area contributed by atoms with Crippen LogP contribution in [0.4, 0.5) is 0 Å². The summed E-state index contributed by atoms with van der Waals surface area (Å²) in [5.74, 6) is 0.816. The van der Waals surface area contributed by atoms with Crippen LogP contribution >= 0.6 is 11.3 Å². The summed E-state index contributed by atoms with van der Waals surface area (Å²) in [6.45, 7) is 7.24. The molecule has 0 amide bonds. The van der Waals surface area contributed by atoms with Crippen LogP contribution in [-0.4, -0.2) is 16.5 Å². The highest BCUT2D eigenvalue weighted by atomic mass is 32.1. The zero-order valence-electron chi connectivity index (χ0n) is 10.4. The van der Waals surface area contributed by atoms with E-state index in [4.69, 9.17) is 0 Å². The van der Waals surface area contributed by atoms with Gasteiger partial charge < -0.3 is 5.32 Å². The predicted molar refractivity (Wildman–Crippen MR) is 72.2 cm³/mol. The van der Waals surface area contributed by atoms with Gasteiger partial charge in [-0.25, -0.2) is 9.97 Å². The third kappa shape index (κ3) is 2.70. The van der Waals surface area contributed by atoms with Crippen molar-refractivity contribution in [3.63, 3.8) is 0 Å². The highest BCUT2D eigenvalue weighted by Crippen LogP contribution is 2.21. The van der Waals surface area contributed by atoms with Crippen molar-refractivity contribution in [2.75, 3.05) is 6.54 Å². The molecular formula is C13H17N3S. The van der Waals surface area contributed by atoms with Crippen LogP contribution in [0.25, 0.3) is 11.4 Å². The van der Waals surface area contributed by atoms with Crippen LogP contribution in [-0.2, 0) is 0 Å². The molecule has 17 heavy (non-hydrogen) atoms. The first kappa shape index (κ1) is 12.2. The van der Waals surface area contributed by atoms with Crippen molar-refractivity contribution in [2.24, 2.45) is 0 Å². The summed E-state index contributed by atoms with van der Waals surface area (Å²) < 4.78 is 0. The number of aromatic nitrogens is 2. The SMILES string of the molecule is CCNC(C)c1cnc(-c2ccsc2)nc1C. The fourth-order valence-corrected chi connectivity index (χ4v) is 2.48. The standard InChI is InChI=1S/C13H17N3S/c1-4-14-9(2)12-7-15-13(16-10(12)3)11-5-6-17-8-11/h5-9,14H,4H2,1-3H3. The number of aryl methyl sites for hydroxylation is 1. The quantitative estimate of drug-likeness (QED) is 0.901. The van der Waals surface area contributed by atoms with E-state index in [0.717, 1.165) is 23.6 Å². The number of hydrogen-bond acceptors (Lipinski definition) is 4. The Morgan fingerprint density at radius 3 is 2.88 bits per heavy atom. The highest BCUT2D eigenvalue weighted by Gasteiger charge is 2.10. The molecule has 0 spiro atoms. The van der Waals surface area contributed by atoms with Crippen LogP contribution in [0.3, 0.4) is 0 Å². The van der Waals surface area contributed by atoms with Gasteiger partial charge in [0.2, 0.25) is 0 Å². The average molecular weight is 247 g/mol. The third-order valence-electron chi connectivity index (χ3n) is 2.77. The normalized spacial score (nSPS) is 12.6. The van der Waals surface area contributed by atoms with Gasteiger partial charge in [0.15, 0.2) is 5.82 Å². The Kier molecular flexibility index (Phi) is 3.86. The Labute approximate surface area is 106 Å². The van der Waals surface area contributed by atoms with E-state index in [-0.39, 0.29) is 0 Å². The Balaban J connectivity index is 2.29. The minimum absolute atomic E-state index is 0.302. The molecule has 3 nitrogen and oxygen atoms in total. The van der Waals surface area contributed by atoms with Gasteiger partial charge in [0.1, 0.15) is 0 Å².